The quantitative estimate of drug-likeness (QED) is 0.659. The number of hydrogen-bond acceptors (Lipinski definition) is 1. The summed E-state index contributed by atoms with van der Waals surface area (Å²) < 4.78 is 2.55. The summed E-state index contributed by atoms with van der Waals surface area (Å²) in [6, 6.07) is 15.8. The van der Waals surface area contributed by atoms with Crippen LogP contribution in [-0.4, -0.2) is 23.5 Å². The molecular weight excluding hydrogens is 261 g/mol. The molecule has 0 aliphatic heterocycles. The monoisotopic (exact) mass is 287 g/mol. The van der Waals surface area contributed by atoms with Gasteiger partial charge in [0.2, 0.25) is 0 Å². The molecule has 0 bridgehead atoms. The van der Waals surface area contributed by atoms with Gasteiger partial charge in [0.15, 0.2) is 0 Å². The minimum atomic E-state index is -0.168. The van der Waals surface area contributed by atoms with E-state index in [0.717, 1.165) is 0 Å². The standard InChI is InChI=1S/C18H26NP/c1-14(19(5)20(6)18(2,3)4)16-13-9-11-15-10-7-8-12-17(15)16/h7-14H,1-6H3/t14-,20?/m0/s1. The van der Waals surface area contributed by atoms with Crippen LogP contribution in [0.2, 0.25) is 0 Å². The Balaban J connectivity index is 2.39. The molecule has 2 rings (SSSR count). The van der Waals surface area contributed by atoms with E-state index in [1.54, 1.807) is 0 Å². The third-order valence-corrected chi connectivity index (χ3v) is 7.51. The number of hydrogen-bond donors (Lipinski definition) is 0. The maximum Gasteiger partial charge on any atom is 0.0359 e. The average Bonchev–Trinajstić information content (AvgIpc) is 2.43. The summed E-state index contributed by atoms with van der Waals surface area (Å²) in [6.45, 7) is 11.7. The average molecular weight is 287 g/mol. The minimum Gasteiger partial charge on any atom is -0.278 e. The highest BCUT2D eigenvalue weighted by atomic mass is 31.1. The molecule has 0 aliphatic carbocycles. The summed E-state index contributed by atoms with van der Waals surface area (Å²) in [4.78, 5) is 0. The van der Waals surface area contributed by atoms with E-state index in [0.29, 0.717) is 11.2 Å². The first-order valence-corrected chi connectivity index (χ1v) is 9.01. The smallest absolute Gasteiger partial charge is 0.0359 e. The second-order valence-corrected chi connectivity index (χ2v) is 9.53. The van der Waals surface area contributed by atoms with Crippen molar-refractivity contribution in [2.24, 2.45) is 0 Å². The Morgan fingerprint density at radius 3 is 2.25 bits per heavy atom. The molecule has 0 fully saturated rings. The fraction of sp³-hybridized carbons (Fsp3) is 0.444. The molecule has 2 aromatic rings. The SMILES string of the molecule is C[C@@H](c1cccc2ccccc12)N(C)P(C)C(C)(C)C. The molecule has 0 N–H and O–H groups in total. The predicted octanol–water partition coefficient (Wildman–Crippen LogP) is 5.66. The van der Waals surface area contributed by atoms with Gasteiger partial charge >= 0.3 is 0 Å². The van der Waals surface area contributed by atoms with Crippen molar-refractivity contribution in [2.75, 3.05) is 13.7 Å². The van der Waals surface area contributed by atoms with Gasteiger partial charge in [-0.2, -0.15) is 0 Å². The predicted molar refractivity (Wildman–Crippen MR) is 92.7 cm³/mol. The van der Waals surface area contributed by atoms with Gasteiger partial charge in [0.25, 0.3) is 0 Å². The minimum absolute atomic E-state index is 0.168. The summed E-state index contributed by atoms with van der Waals surface area (Å²) in [6.07, 6.45) is 0. The summed E-state index contributed by atoms with van der Waals surface area (Å²) in [5, 5.41) is 3.07. The Morgan fingerprint density at radius 2 is 1.60 bits per heavy atom. The molecule has 2 heteroatoms. The van der Waals surface area contributed by atoms with Crippen LogP contribution in [0.25, 0.3) is 10.8 Å². The lowest BCUT2D eigenvalue weighted by atomic mass is 10.00. The highest BCUT2D eigenvalue weighted by Gasteiger charge is 2.27. The van der Waals surface area contributed by atoms with Gasteiger partial charge in [-0.3, -0.25) is 4.67 Å². The van der Waals surface area contributed by atoms with Gasteiger partial charge in [0, 0.05) is 6.04 Å². The van der Waals surface area contributed by atoms with Gasteiger partial charge in [-0.25, -0.2) is 0 Å². The van der Waals surface area contributed by atoms with E-state index in [2.05, 4.69) is 88.5 Å². The van der Waals surface area contributed by atoms with E-state index in [1.807, 2.05) is 0 Å². The second kappa shape index (κ2) is 5.84. The Bertz CT molecular complexity index is 580. The summed E-state index contributed by atoms with van der Waals surface area (Å²) in [5.41, 5.74) is 1.43. The first kappa shape index (κ1) is 15.5. The number of rotatable bonds is 3. The van der Waals surface area contributed by atoms with Gasteiger partial charge in [-0.15, -0.1) is 0 Å². The van der Waals surface area contributed by atoms with Gasteiger partial charge in [0.05, 0.1) is 0 Å². The number of fused-ring (bicyclic) bond motifs is 1. The van der Waals surface area contributed by atoms with Crippen molar-refractivity contribution in [2.45, 2.75) is 38.9 Å². The lowest BCUT2D eigenvalue weighted by Gasteiger charge is -2.39. The Morgan fingerprint density at radius 1 is 1.00 bits per heavy atom. The third-order valence-electron chi connectivity index (χ3n) is 4.28. The molecule has 2 atom stereocenters. The van der Waals surface area contributed by atoms with E-state index >= 15 is 0 Å². The fourth-order valence-electron chi connectivity index (χ4n) is 2.55. The highest BCUT2D eigenvalue weighted by Crippen LogP contribution is 2.52. The van der Waals surface area contributed by atoms with Crippen LogP contribution in [0.5, 0.6) is 0 Å². The highest BCUT2D eigenvalue weighted by molar-refractivity contribution is 7.55. The van der Waals surface area contributed by atoms with Crippen molar-refractivity contribution in [3.63, 3.8) is 0 Å². The van der Waals surface area contributed by atoms with Crippen LogP contribution in [-0.2, 0) is 0 Å². The molecule has 1 unspecified atom stereocenters. The van der Waals surface area contributed by atoms with Crippen LogP contribution in [0.3, 0.4) is 0 Å². The van der Waals surface area contributed by atoms with Crippen LogP contribution in [0.1, 0.15) is 39.3 Å². The molecule has 108 valence electrons. The van der Waals surface area contributed by atoms with Crippen molar-refractivity contribution >= 4 is 18.8 Å². The molecule has 20 heavy (non-hydrogen) atoms. The van der Waals surface area contributed by atoms with E-state index in [4.69, 9.17) is 0 Å². The molecule has 0 spiro atoms. The van der Waals surface area contributed by atoms with Crippen molar-refractivity contribution in [1.82, 2.24) is 4.67 Å². The Hall–Kier alpha value is -0.910. The third kappa shape index (κ3) is 3.05. The van der Waals surface area contributed by atoms with Crippen LogP contribution in [0.15, 0.2) is 42.5 Å². The van der Waals surface area contributed by atoms with Crippen LogP contribution < -0.4 is 0 Å². The molecule has 0 aromatic heterocycles. The zero-order valence-electron chi connectivity index (χ0n) is 13.5. The van der Waals surface area contributed by atoms with E-state index in [9.17, 15) is 0 Å². The van der Waals surface area contributed by atoms with Crippen molar-refractivity contribution in [3.05, 3.63) is 48.0 Å². The number of benzene rings is 2. The zero-order valence-corrected chi connectivity index (χ0v) is 14.4. The second-order valence-electron chi connectivity index (χ2n) is 6.51. The van der Waals surface area contributed by atoms with Crippen LogP contribution in [0.4, 0.5) is 0 Å². The largest absolute Gasteiger partial charge is 0.278 e. The topological polar surface area (TPSA) is 3.24 Å². The first-order chi connectivity index (χ1) is 9.32. The lowest BCUT2D eigenvalue weighted by molar-refractivity contribution is 0.430. The van der Waals surface area contributed by atoms with Crippen molar-refractivity contribution in [3.8, 4) is 0 Å². The van der Waals surface area contributed by atoms with Gasteiger partial charge in [-0.1, -0.05) is 63.2 Å². The summed E-state index contributed by atoms with van der Waals surface area (Å²) in [7, 11) is 2.10. The van der Waals surface area contributed by atoms with E-state index in [1.165, 1.54) is 16.3 Å². The number of nitrogens with zero attached hydrogens (tertiary/aromatic N) is 1. The molecule has 0 aliphatic rings. The Labute approximate surface area is 124 Å². The van der Waals surface area contributed by atoms with E-state index in [-0.39, 0.29) is 8.07 Å². The van der Waals surface area contributed by atoms with Gasteiger partial charge < -0.3 is 0 Å². The normalized spacial score (nSPS) is 15.6. The van der Waals surface area contributed by atoms with Crippen molar-refractivity contribution < 1.29 is 0 Å². The first-order valence-electron chi connectivity index (χ1n) is 7.26. The van der Waals surface area contributed by atoms with Gasteiger partial charge in [-0.05, 0) is 50.2 Å². The summed E-state index contributed by atoms with van der Waals surface area (Å²) in [5.74, 6) is 0. The summed E-state index contributed by atoms with van der Waals surface area (Å²) >= 11 is 0. The van der Waals surface area contributed by atoms with Crippen LogP contribution >= 0.6 is 8.07 Å². The Kier molecular flexibility index (Phi) is 4.52. The molecule has 0 amide bonds. The molecular formula is C18H26NP. The van der Waals surface area contributed by atoms with Crippen molar-refractivity contribution in [1.29, 1.82) is 0 Å². The van der Waals surface area contributed by atoms with Crippen LogP contribution in [0, 0.1) is 0 Å². The maximum absolute atomic E-state index is 2.55. The lowest BCUT2D eigenvalue weighted by Crippen LogP contribution is -2.26. The zero-order chi connectivity index (χ0) is 14.9. The molecule has 0 saturated heterocycles. The molecule has 0 radical (unpaired) electrons. The fourth-order valence-corrected chi connectivity index (χ4v) is 4.14. The van der Waals surface area contributed by atoms with E-state index < -0.39 is 0 Å². The molecule has 0 heterocycles. The molecule has 1 nitrogen and oxygen atoms in total. The molecule has 2 aromatic carbocycles. The molecule has 0 saturated carbocycles. The maximum atomic E-state index is 2.55. The van der Waals surface area contributed by atoms with Gasteiger partial charge in [0.1, 0.15) is 0 Å².